The Morgan fingerprint density at radius 2 is 1.85 bits per heavy atom. The van der Waals surface area contributed by atoms with E-state index in [4.69, 9.17) is 4.74 Å². The van der Waals surface area contributed by atoms with Crippen LogP contribution in [0.3, 0.4) is 0 Å². The van der Waals surface area contributed by atoms with E-state index in [1.165, 1.54) is 18.4 Å². The van der Waals surface area contributed by atoms with Crippen LogP contribution in [0, 0.1) is 0 Å². The third-order valence-electron chi connectivity index (χ3n) is 5.67. The number of piperidine rings is 1. The van der Waals surface area contributed by atoms with Gasteiger partial charge in [-0.15, -0.1) is 0 Å². The second kappa shape index (κ2) is 6.79. The zero-order valence-electron chi connectivity index (χ0n) is 14.9. The quantitative estimate of drug-likeness (QED) is 0.833. The fraction of sp³-hybridized carbons (Fsp3) is 0.579. The van der Waals surface area contributed by atoms with Gasteiger partial charge in [0, 0.05) is 43.4 Å². The van der Waals surface area contributed by atoms with Crippen LogP contribution in [0.2, 0.25) is 0 Å². The molecule has 4 heterocycles. The largest absolute Gasteiger partial charge is 0.376 e. The highest BCUT2D eigenvalue weighted by atomic mass is 16.5. The molecule has 0 aromatic carbocycles. The van der Waals surface area contributed by atoms with Crippen molar-refractivity contribution in [3.63, 3.8) is 0 Å². The summed E-state index contributed by atoms with van der Waals surface area (Å²) in [4.78, 5) is 22.6. The lowest BCUT2D eigenvalue weighted by Gasteiger charge is -2.40. The van der Waals surface area contributed by atoms with Gasteiger partial charge in [0.15, 0.2) is 0 Å². The number of hydrogen-bond donors (Lipinski definition) is 0. The van der Waals surface area contributed by atoms with E-state index >= 15 is 0 Å². The topological polar surface area (TPSA) is 67.3 Å². The fourth-order valence-electron chi connectivity index (χ4n) is 4.23. The van der Waals surface area contributed by atoms with Gasteiger partial charge in [-0.25, -0.2) is 19.9 Å². The minimum absolute atomic E-state index is 0.544. The van der Waals surface area contributed by atoms with Crippen molar-refractivity contribution in [1.29, 1.82) is 0 Å². The summed E-state index contributed by atoms with van der Waals surface area (Å²) in [6.07, 6.45) is 10.9. The second-order valence-electron chi connectivity index (χ2n) is 7.35. The van der Waals surface area contributed by atoms with E-state index in [-0.39, 0.29) is 0 Å². The van der Waals surface area contributed by atoms with Crippen molar-refractivity contribution < 1.29 is 4.74 Å². The van der Waals surface area contributed by atoms with E-state index in [1.54, 1.807) is 12.7 Å². The zero-order chi connectivity index (χ0) is 17.3. The van der Waals surface area contributed by atoms with Gasteiger partial charge in [-0.3, -0.25) is 0 Å². The van der Waals surface area contributed by atoms with E-state index in [0.29, 0.717) is 18.7 Å². The first-order chi connectivity index (χ1) is 12.9. The fourth-order valence-corrected chi connectivity index (χ4v) is 4.23. The maximum Gasteiger partial charge on any atom is 0.137 e. The molecule has 1 aliphatic carbocycles. The predicted octanol–water partition coefficient (Wildman–Crippen LogP) is 1.98. The molecule has 0 amide bonds. The van der Waals surface area contributed by atoms with Crippen molar-refractivity contribution in [3.05, 3.63) is 36.2 Å². The van der Waals surface area contributed by atoms with Crippen LogP contribution in [0.5, 0.6) is 0 Å². The number of ether oxygens (including phenoxy) is 1. The minimum atomic E-state index is 0.544. The Morgan fingerprint density at radius 1 is 1.00 bits per heavy atom. The average molecular weight is 352 g/mol. The summed E-state index contributed by atoms with van der Waals surface area (Å²) in [5.74, 6) is 2.15. The molecule has 136 valence electrons. The number of rotatable bonds is 4. The van der Waals surface area contributed by atoms with Gasteiger partial charge in [-0.1, -0.05) is 0 Å². The third-order valence-corrected chi connectivity index (χ3v) is 5.67. The molecule has 2 fully saturated rings. The summed E-state index contributed by atoms with van der Waals surface area (Å²) < 4.78 is 5.66. The summed E-state index contributed by atoms with van der Waals surface area (Å²) in [5, 5.41) is 0. The summed E-state index contributed by atoms with van der Waals surface area (Å²) in [6.45, 7) is 3.44. The molecule has 0 atom stereocenters. The molecule has 1 saturated carbocycles. The van der Waals surface area contributed by atoms with Crippen molar-refractivity contribution in [2.75, 3.05) is 29.5 Å². The molecule has 0 spiro atoms. The van der Waals surface area contributed by atoms with Crippen molar-refractivity contribution in [3.8, 4) is 0 Å². The molecule has 7 heteroatoms. The molecule has 5 rings (SSSR count). The van der Waals surface area contributed by atoms with Crippen molar-refractivity contribution in [1.82, 2.24) is 19.9 Å². The lowest BCUT2D eigenvalue weighted by molar-refractivity contribution is 0.109. The normalized spacial score (nSPS) is 20.7. The molecular formula is C19H24N6O. The standard InChI is InChI=1S/C19H24N6O/c1-2-14(1)25(18-3-7-20-12-22-18)15-4-8-24(9-5-15)19-16-11-26-10-6-17(16)21-13-23-19/h3,7,12-15H,1-2,4-6,8-11H2. The third kappa shape index (κ3) is 3.00. The zero-order valence-corrected chi connectivity index (χ0v) is 14.9. The van der Waals surface area contributed by atoms with Crippen LogP contribution in [-0.4, -0.2) is 51.7 Å². The molecule has 2 aliphatic heterocycles. The van der Waals surface area contributed by atoms with Gasteiger partial charge in [0.25, 0.3) is 0 Å². The maximum absolute atomic E-state index is 5.66. The van der Waals surface area contributed by atoms with Crippen molar-refractivity contribution >= 4 is 11.6 Å². The number of hydrogen-bond acceptors (Lipinski definition) is 7. The van der Waals surface area contributed by atoms with Crippen LogP contribution in [0.25, 0.3) is 0 Å². The van der Waals surface area contributed by atoms with Crippen molar-refractivity contribution in [2.24, 2.45) is 0 Å². The van der Waals surface area contributed by atoms with E-state index in [1.807, 2.05) is 12.3 Å². The van der Waals surface area contributed by atoms with Gasteiger partial charge in [-0.2, -0.15) is 0 Å². The van der Waals surface area contributed by atoms with Crippen LogP contribution in [-0.2, 0) is 17.8 Å². The monoisotopic (exact) mass is 352 g/mol. The highest BCUT2D eigenvalue weighted by Crippen LogP contribution is 2.36. The van der Waals surface area contributed by atoms with E-state index in [2.05, 4.69) is 29.7 Å². The molecule has 0 N–H and O–H groups in total. The molecule has 0 radical (unpaired) electrons. The van der Waals surface area contributed by atoms with Crippen LogP contribution in [0.4, 0.5) is 11.6 Å². The average Bonchev–Trinajstić information content (AvgIpc) is 3.54. The molecule has 2 aromatic heterocycles. The van der Waals surface area contributed by atoms with Gasteiger partial charge < -0.3 is 14.5 Å². The van der Waals surface area contributed by atoms with Gasteiger partial charge >= 0.3 is 0 Å². The molecule has 0 unspecified atom stereocenters. The highest BCUT2D eigenvalue weighted by molar-refractivity contribution is 5.50. The number of fused-ring (bicyclic) bond motifs is 1. The molecule has 26 heavy (non-hydrogen) atoms. The molecule has 0 bridgehead atoms. The molecule has 3 aliphatic rings. The lowest BCUT2D eigenvalue weighted by atomic mass is 10.0. The lowest BCUT2D eigenvalue weighted by Crippen LogP contribution is -2.47. The maximum atomic E-state index is 5.66. The molecule has 2 aromatic rings. The Kier molecular flexibility index (Phi) is 4.16. The predicted molar refractivity (Wildman–Crippen MR) is 98.2 cm³/mol. The van der Waals surface area contributed by atoms with Crippen LogP contribution in [0.15, 0.2) is 24.9 Å². The highest BCUT2D eigenvalue weighted by Gasteiger charge is 2.37. The smallest absolute Gasteiger partial charge is 0.137 e. The van der Waals surface area contributed by atoms with Crippen LogP contribution in [0.1, 0.15) is 36.9 Å². The van der Waals surface area contributed by atoms with Crippen LogP contribution >= 0.6 is 0 Å². The summed E-state index contributed by atoms with van der Waals surface area (Å²) in [6, 6.07) is 3.24. The number of nitrogens with zero attached hydrogens (tertiary/aromatic N) is 6. The van der Waals surface area contributed by atoms with Crippen LogP contribution < -0.4 is 9.80 Å². The first-order valence-electron chi connectivity index (χ1n) is 9.60. The minimum Gasteiger partial charge on any atom is -0.376 e. The summed E-state index contributed by atoms with van der Waals surface area (Å²) >= 11 is 0. The Morgan fingerprint density at radius 3 is 2.62 bits per heavy atom. The number of aromatic nitrogens is 4. The SMILES string of the molecule is c1cc(N(C2CC2)C2CCN(c3ncnc4c3COCC4)CC2)ncn1. The Balaban J connectivity index is 1.32. The Labute approximate surface area is 153 Å². The van der Waals surface area contributed by atoms with Gasteiger partial charge in [-0.05, 0) is 31.7 Å². The van der Waals surface area contributed by atoms with Gasteiger partial charge in [0.05, 0.1) is 18.9 Å². The second-order valence-corrected chi connectivity index (χ2v) is 7.35. The van der Waals surface area contributed by atoms with E-state index in [0.717, 1.165) is 56.3 Å². The van der Waals surface area contributed by atoms with E-state index in [9.17, 15) is 0 Å². The summed E-state index contributed by atoms with van der Waals surface area (Å²) in [7, 11) is 0. The Bertz CT molecular complexity index is 758. The van der Waals surface area contributed by atoms with Crippen molar-refractivity contribution in [2.45, 2.75) is 50.8 Å². The Hall–Kier alpha value is -2.28. The summed E-state index contributed by atoms with van der Waals surface area (Å²) in [5.41, 5.74) is 2.34. The van der Waals surface area contributed by atoms with Gasteiger partial charge in [0.1, 0.15) is 24.3 Å². The molecule has 7 nitrogen and oxygen atoms in total. The van der Waals surface area contributed by atoms with E-state index < -0.39 is 0 Å². The molecule has 1 saturated heterocycles. The number of anilines is 2. The first-order valence-corrected chi connectivity index (χ1v) is 9.60. The first kappa shape index (κ1) is 15.9. The molecular weight excluding hydrogens is 328 g/mol. The van der Waals surface area contributed by atoms with Gasteiger partial charge in [0.2, 0.25) is 0 Å².